The zero-order chi connectivity index (χ0) is 5.70. The molecular formula is C3H5ClO2P+. The molecule has 0 spiro atoms. The van der Waals surface area contributed by atoms with Gasteiger partial charge in [0.2, 0.25) is 5.24 Å². The number of rotatable bonds is 3. The maximum Gasteiger partial charge on any atom is 0.325 e. The van der Waals surface area contributed by atoms with Crippen molar-refractivity contribution < 1.29 is 9.36 Å². The van der Waals surface area contributed by atoms with Crippen molar-refractivity contribution in [3.8, 4) is 0 Å². The highest BCUT2D eigenvalue weighted by atomic mass is 35.5. The minimum absolute atomic E-state index is 0.226. The molecule has 40 valence electrons. The van der Waals surface area contributed by atoms with Crippen LogP contribution in [0.2, 0.25) is 0 Å². The topological polar surface area (TPSA) is 34.1 Å². The van der Waals surface area contributed by atoms with Gasteiger partial charge in [-0.2, -0.15) is 0 Å². The minimum Gasteiger partial charge on any atom is -0.281 e. The highest BCUT2D eigenvalue weighted by molar-refractivity contribution is 7.23. The lowest BCUT2D eigenvalue weighted by molar-refractivity contribution is -0.111. The van der Waals surface area contributed by atoms with E-state index >= 15 is 0 Å². The van der Waals surface area contributed by atoms with Crippen LogP contribution >= 0.6 is 20.1 Å². The average Bonchev–Trinajstić information content (AvgIpc) is 1.61. The first kappa shape index (κ1) is 7.06. The van der Waals surface area contributed by atoms with E-state index in [1.807, 2.05) is 0 Å². The standard InChI is InChI=1S/C3H4ClO2P/c4-3(5)1-2-7-6/h1-2H2/p+1. The summed E-state index contributed by atoms with van der Waals surface area (Å²) >= 11 is 4.88. The van der Waals surface area contributed by atoms with E-state index in [1.54, 1.807) is 0 Å². The van der Waals surface area contributed by atoms with E-state index in [9.17, 15) is 9.36 Å². The summed E-state index contributed by atoms with van der Waals surface area (Å²) in [5.74, 6) is 0. The van der Waals surface area contributed by atoms with Crippen LogP contribution in [0.25, 0.3) is 0 Å². The monoisotopic (exact) mass is 139 g/mol. The molecule has 0 aliphatic heterocycles. The first-order chi connectivity index (χ1) is 3.27. The van der Waals surface area contributed by atoms with Gasteiger partial charge in [0.15, 0.2) is 6.16 Å². The van der Waals surface area contributed by atoms with Gasteiger partial charge in [-0.15, -0.1) is 0 Å². The van der Waals surface area contributed by atoms with Crippen LogP contribution in [0, 0.1) is 0 Å². The zero-order valence-electron chi connectivity index (χ0n) is 3.61. The Balaban J connectivity index is 2.97. The molecule has 0 aromatic rings. The van der Waals surface area contributed by atoms with E-state index in [0.29, 0.717) is 6.16 Å². The van der Waals surface area contributed by atoms with Gasteiger partial charge in [0.25, 0.3) is 0 Å². The fourth-order valence-corrected chi connectivity index (χ4v) is 0.731. The molecule has 4 heteroatoms. The fourth-order valence-electron chi connectivity index (χ4n) is 0.149. The summed E-state index contributed by atoms with van der Waals surface area (Å²) in [5.41, 5.74) is 0. The molecule has 0 heterocycles. The maximum atomic E-state index is 9.83. The largest absolute Gasteiger partial charge is 0.325 e. The van der Waals surface area contributed by atoms with Crippen LogP contribution in [0.4, 0.5) is 0 Å². The molecule has 0 aliphatic carbocycles. The van der Waals surface area contributed by atoms with Gasteiger partial charge >= 0.3 is 8.46 Å². The van der Waals surface area contributed by atoms with Gasteiger partial charge < -0.3 is 0 Å². The third kappa shape index (κ3) is 6.06. The number of hydrogen-bond donors (Lipinski definition) is 0. The summed E-state index contributed by atoms with van der Waals surface area (Å²) in [5, 5.41) is -0.414. The Morgan fingerprint density at radius 2 is 2.29 bits per heavy atom. The molecule has 0 aromatic heterocycles. The molecule has 7 heavy (non-hydrogen) atoms. The molecule has 1 unspecified atom stereocenters. The average molecular weight is 139 g/mol. The van der Waals surface area contributed by atoms with E-state index in [4.69, 9.17) is 11.6 Å². The number of halogens is 1. The summed E-state index contributed by atoms with van der Waals surface area (Å²) in [6.07, 6.45) is 0.617. The Hall–Kier alpha value is 0.0600. The predicted octanol–water partition coefficient (Wildman–Crippen LogP) is 1.17. The third-order valence-electron chi connectivity index (χ3n) is 0.424. The first-order valence-corrected chi connectivity index (χ1v) is 3.30. The van der Waals surface area contributed by atoms with Crippen molar-refractivity contribution in [1.82, 2.24) is 0 Å². The molecule has 2 nitrogen and oxygen atoms in total. The lowest BCUT2D eigenvalue weighted by atomic mass is 10.6. The van der Waals surface area contributed by atoms with Crippen LogP contribution in [0.1, 0.15) is 6.42 Å². The highest BCUT2D eigenvalue weighted by Crippen LogP contribution is 1.97. The van der Waals surface area contributed by atoms with Crippen molar-refractivity contribution in [2.45, 2.75) is 6.42 Å². The van der Waals surface area contributed by atoms with E-state index in [-0.39, 0.29) is 6.42 Å². The van der Waals surface area contributed by atoms with Crippen molar-refractivity contribution in [2.75, 3.05) is 6.16 Å². The van der Waals surface area contributed by atoms with Gasteiger partial charge in [0.1, 0.15) is 0 Å². The van der Waals surface area contributed by atoms with E-state index in [2.05, 4.69) is 0 Å². The van der Waals surface area contributed by atoms with Gasteiger partial charge in [0, 0.05) is 0 Å². The van der Waals surface area contributed by atoms with Gasteiger partial charge in [-0.3, -0.25) is 4.79 Å². The second-order valence-electron chi connectivity index (χ2n) is 0.999. The maximum absolute atomic E-state index is 9.83. The molecule has 0 saturated carbocycles. The van der Waals surface area contributed by atoms with Crippen LogP contribution in [0.5, 0.6) is 0 Å². The van der Waals surface area contributed by atoms with Gasteiger partial charge in [0.05, 0.1) is 6.42 Å². The van der Waals surface area contributed by atoms with Crippen LogP contribution in [0.3, 0.4) is 0 Å². The van der Waals surface area contributed by atoms with Crippen LogP contribution in [-0.2, 0) is 9.36 Å². The van der Waals surface area contributed by atoms with Crippen LogP contribution in [-0.4, -0.2) is 11.4 Å². The molecule has 1 atom stereocenters. The minimum atomic E-state index is -0.414. The molecule has 0 aliphatic rings. The van der Waals surface area contributed by atoms with E-state index in [0.717, 1.165) is 0 Å². The van der Waals surface area contributed by atoms with E-state index < -0.39 is 13.7 Å². The summed E-state index contributed by atoms with van der Waals surface area (Å²) in [6, 6.07) is 0. The molecule has 0 radical (unpaired) electrons. The van der Waals surface area contributed by atoms with Crippen molar-refractivity contribution in [3.05, 3.63) is 0 Å². The molecule has 0 fully saturated rings. The highest BCUT2D eigenvalue weighted by Gasteiger charge is 1.97. The van der Waals surface area contributed by atoms with Crippen LogP contribution < -0.4 is 0 Å². The molecule has 0 N–H and O–H groups in total. The first-order valence-electron chi connectivity index (χ1n) is 1.80. The molecular weight excluding hydrogens is 134 g/mol. The molecule has 0 aromatic carbocycles. The number of carbonyl (C=O) groups is 1. The van der Waals surface area contributed by atoms with Crippen molar-refractivity contribution in [3.63, 3.8) is 0 Å². The zero-order valence-corrected chi connectivity index (χ0v) is 5.36. The Bertz CT molecular complexity index is 83.0. The number of hydrogen-bond acceptors (Lipinski definition) is 2. The Morgan fingerprint density at radius 3 is 2.43 bits per heavy atom. The van der Waals surface area contributed by atoms with Crippen LogP contribution in [0.15, 0.2) is 0 Å². The summed E-state index contributed by atoms with van der Waals surface area (Å²) in [7, 11) is -0.405. The smallest absolute Gasteiger partial charge is 0.281 e. The van der Waals surface area contributed by atoms with Gasteiger partial charge in [-0.05, 0) is 11.6 Å². The normalized spacial score (nSPS) is 9.29. The summed E-state index contributed by atoms with van der Waals surface area (Å²) in [4.78, 5) is 9.83. The van der Waals surface area contributed by atoms with Gasteiger partial charge in [-0.25, -0.2) is 0 Å². The summed E-state index contributed by atoms with van der Waals surface area (Å²) in [6.45, 7) is 0. The molecule has 0 saturated heterocycles. The van der Waals surface area contributed by atoms with Crippen molar-refractivity contribution >= 4 is 25.3 Å². The molecule has 0 amide bonds. The Labute approximate surface area is 48.1 Å². The lowest BCUT2D eigenvalue weighted by Crippen LogP contribution is -1.83. The molecule has 0 bridgehead atoms. The van der Waals surface area contributed by atoms with Crippen molar-refractivity contribution in [1.29, 1.82) is 0 Å². The molecule has 0 rings (SSSR count). The Morgan fingerprint density at radius 1 is 1.71 bits per heavy atom. The summed E-state index contributed by atoms with van der Waals surface area (Å²) < 4.78 is 9.65. The van der Waals surface area contributed by atoms with E-state index in [1.165, 1.54) is 0 Å². The predicted molar refractivity (Wildman–Crippen MR) is 29.3 cm³/mol. The Kier molecular flexibility index (Phi) is 4.26. The van der Waals surface area contributed by atoms with Gasteiger partial charge in [-0.1, -0.05) is 4.57 Å². The lowest BCUT2D eigenvalue weighted by Gasteiger charge is -1.71. The second-order valence-corrected chi connectivity index (χ2v) is 2.21. The number of carbonyl (C=O) groups excluding carboxylic acids is 1. The fraction of sp³-hybridized carbons (Fsp3) is 0.667. The SMILES string of the molecule is O=[PH+]CCC(=O)Cl. The second kappa shape index (κ2) is 4.23. The third-order valence-corrected chi connectivity index (χ3v) is 1.07. The van der Waals surface area contributed by atoms with Crippen molar-refractivity contribution in [2.24, 2.45) is 0 Å². The quantitative estimate of drug-likeness (QED) is 0.434.